The summed E-state index contributed by atoms with van der Waals surface area (Å²) in [6.07, 6.45) is -0.273. The molecule has 7 nitrogen and oxygen atoms in total. The average Bonchev–Trinajstić information content (AvgIpc) is 3.06. The molecule has 2 N–H and O–H groups in total. The molecule has 0 fully saturated rings. The number of halogens is 2. The number of rotatable bonds is 5. The fourth-order valence-electron chi connectivity index (χ4n) is 1.96. The van der Waals surface area contributed by atoms with Crippen LogP contribution < -0.4 is 10.1 Å². The number of amides is 1. The second-order valence-corrected chi connectivity index (χ2v) is 4.78. The van der Waals surface area contributed by atoms with Crippen LogP contribution in [0.2, 0.25) is 0 Å². The Morgan fingerprint density at radius 3 is 2.67 bits per heavy atom. The molecule has 9 heteroatoms. The summed E-state index contributed by atoms with van der Waals surface area (Å²) in [7, 11) is 0. The van der Waals surface area contributed by atoms with Crippen LogP contribution in [-0.4, -0.2) is 26.5 Å². The van der Waals surface area contributed by atoms with Crippen molar-refractivity contribution in [3.05, 3.63) is 59.7 Å². The third kappa shape index (κ3) is 3.88. The third-order valence-electron chi connectivity index (χ3n) is 3.03. The maximum atomic E-state index is 13.5. The zero-order valence-corrected chi connectivity index (χ0v) is 12.2. The van der Waals surface area contributed by atoms with Crippen LogP contribution in [0.3, 0.4) is 0 Å². The first kappa shape index (κ1) is 15.5. The molecule has 0 saturated heterocycles. The lowest BCUT2D eigenvalue weighted by Crippen LogP contribution is -2.15. The quantitative estimate of drug-likeness (QED) is 0.749. The molecule has 1 aromatic heterocycles. The molecule has 2 aromatic carbocycles. The normalized spacial score (nSPS) is 10.4. The largest absolute Gasteiger partial charge is 0.422 e. The van der Waals surface area contributed by atoms with E-state index in [-0.39, 0.29) is 18.0 Å². The number of anilines is 1. The van der Waals surface area contributed by atoms with Gasteiger partial charge in [-0.05, 0) is 47.7 Å². The Bertz CT molecular complexity index is 838. The number of hydrogen-bond acceptors (Lipinski definition) is 5. The van der Waals surface area contributed by atoms with Gasteiger partial charge in [-0.2, -0.15) is 5.21 Å². The highest BCUT2D eigenvalue weighted by Gasteiger charge is 2.10. The monoisotopic (exact) mass is 331 g/mol. The van der Waals surface area contributed by atoms with Gasteiger partial charge in [-0.25, -0.2) is 8.78 Å². The molecule has 0 saturated carbocycles. The van der Waals surface area contributed by atoms with E-state index in [0.717, 1.165) is 18.2 Å². The summed E-state index contributed by atoms with van der Waals surface area (Å²) in [5.41, 5.74) is 0.474. The van der Waals surface area contributed by atoms with E-state index in [9.17, 15) is 13.6 Å². The van der Waals surface area contributed by atoms with Crippen molar-refractivity contribution >= 4 is 11.6 Å². The molecule has 0 aliphatic carbocycles. The molecule has 0 atom stereocenters. The lowest BCUT2D eigenvalue weighted by molar-refractivity contribution is -0.115. The van der Waals surface area contributed by atoms with Crippen LogP contribution in [0.15, 0.2) is 42.5 Å². The van der Waals surface area contributed by atoms with Crippen LogP contribution in [0.1, 0.15) is 5.56 Å². The number of nitrogens with one attached hydrogen (secondary N) is 2. The number of hydrogen-bond donors (Lipinski definition) is 2. The fraction of sp³-hybridized carbons (Fsp3) is 0.0667. The molecule has 1 heterocycles. The highest BCUT2D eigenvalue weighted by Crippen LogP contribution is 2.20. The molecule has 3 rings (SSSR count). The van der Waals surface area contributed by atoms with Gasteiger partial charge in [-0.1, -0.05) is 10.2 Å². The maximum absolute atomic E-state index is 13.5. The number of carbonyl (C=O) groups excluding carboxylic acids is 1. The van der Waals surface area contributed by atoms with Crippen molar-refractivity contribution in [2.45, 2.75) is 6.42 Å². The molecular weight excluding hydrogens is 320 g/mol. The van der Waals surface area contributed by atoms with Gasteiger partial charge < -0.3 is 10.1 Å². The minimum atomic E-state index is -0.629. The second-order valence-electron chi connectivity index (χ2n) is 4.78. The predicted molar refractivity (Wildman–Crippen MR) is 79.4 cm³/mol. The SMILES string of the molecule is O=C(Cc1cc(F)ccc1F)Nc1ccc(Oc2nn[nH]n2)cc1. The zero-order valence-electron chi connectivity index (χ0n) is 12.2. The summed E-state index contributed by atoms with van der Waals surface area (Å²) in [5.74, 6) is -1.24. The van der Waals surface area contributed by atoms with Crippen LogP contribution in [0.5, 0.6) is 11.8 Å². The Kier molecular flexibility index (Phi) is 4.41. The van der Waals surface area contributed by atoms with Crippen molar-refractivity contribution in [2.75, 3.05) is 5.32 Å². The Morgan fingerprint density at radius 1 is 1.17 bits per heavy atom. The Hall–Kier alpha value is -3.36. The Morgan fingerprint density at radius 2 is 1.96 bits per heavy atom. The first-order valence-electron chi connectivity index (χ1n) is 6.85. The molecule has 0 bridgehead atoms. The number of aromatic amines is 1. The number of H-pyrrole nitrogens is 1. The molecular formula is C15H11F2N5O2. The van der Waals surface area contributed by atoms with Crippen molar-refractivity contribution in [1.29, 1.82) is 0 Å². The van der Waals surface area contributed by atoms with Gasteiger partial charge in [0.1, 0.15) is 17.4 Å². The van der Waals surface area contributed by atoms with Gasteiger partial charge in [-0.3, -0.25) is 4.79 Å². The van der Waals surface area contributed by atoms with Gasteiger partial charge >= 0.3 is 6.01 Å². The number of aromatic nitrogens is 4. The highest BCUT2D eigenvalue weighted by atomic mass is 19.1. The van der Waals surface area contributed by atoms with E-state index < -0.39 is 17.5 Å². The van der Waals surface area contributed by atoms with Crippen molar-refractivity contribution in [3.8, 4) is 11.8 Å². The molecule has 1 amide bonds. The van der Waals surface area contributed by atoms with E-state index in [1.165, 1.54) is 0 Å². The van der Waals surface area contributed by atoms with E-state index in [1.807, 2.05) is 0 Å². The van der Waals surface area contributed by atoms with Crippen molar-refractivity contribution in [3.63, 3.8) is 0 Å². The fourth-order valence-corrected chi connectivity index (χ4v) is 1.96. The van der Waals surface area contributed by atoms with E-state index in [4.69, 9.17) is 4.74 Å². The smallest absolute Gasteiger partial charge is 0.361 e. The summed E-state index contributed by atoms with van der Waals surface area (Å²) < 4.78 is 31.9. The molecule has 24 heavy (non-hydrogen) atoms. The molecule has 0 unspecified atom stereocenters. The van der Waals surface area contributed by atoms with Gasteiger partial charge in [0.05, 0.1) is 6.42 Å². The summed E-state index contributed by atoms with van der Waals surface area (Å²) >= 11 is 0. The molecule has 3 aromatic rings. The topological polar surface area (TPSA) is 92.8 Å². The summed E-state index contributed by atoms with van der Waals surface area (Å²) in [6.45, 7) is 0. The summed E-state index contributed by atoms with van der Waals surface area (Å²) in [5, 5.41) is 15.5. The van der Waals surface area contributed by atoms with Gasteiger partial charge in [0, 0.05) is 11.3 Å². The van der Waals surface area contributed by atoms with Crippen LogP contribution >= 0.6 is 0 Å². The number of nitrogens with zero attached hydrogens (tertiary/aromatic N) is 3. The Balaban J connectivity index is 1.61. The van der Waals surface area contributed by atoms with Crippen LogP contribution in [0, 0.1) is 11.6 Å². The summed E-state index contributed by atoms with van der Waals surface area (Å²) in [4.78, 5) is 11.9. The van der Waals surface area contributed by atoms with Crippen molar-refractivity contribution in [2.24, 2.45) is 0 Å². The predicted octanol–water partition coefficient (Wildman–Crippen LogP) is 2.45. The van der Waals surface area contributed by atoms with Crippen LogP contribution in [0.25, 0.3) is 0 Å². The minimum Gasteiger partial charge on any atom is -0.422 e. The summed E-state index contributed by atoms with van der Waals surface area (Å²) in [6, 6.07) is 9.42. The standard InChI is InChI=1S/C15H11F2N5O2/c16-10-1-6-13(17)9(7-10)8-14(23)18-11-2-4-12(5-3-11)24-15-19-21-22-20-15/h1-7H,8H2,(H,18,23)(H,19,20,21,22). The van der Waals surface area contributed by atoms with Gasteiger partial charge in [0.25, 0.3) is 0 Å². The zero-order chi connectivity index (χ0) is 16.9. The Labute approximate surface area is 134 Å². The number of ether oxygens (including phenoxy) is 1. The number of tetrazole rings is 1. The van der Waals surface area contributed by atoms with Crippen LogP contribution in [0.4, 0.5) is 14.5 Å². The molecule has 0 spiro atoms. The first-order valence-corrected chi connectivity index (χ1v) is 6.85. The van der Waals surface area contributed by atoms with Gasteiger partial charge in [0.2, 0.25) is 5.91 Å². The van der Waals surface area contributed by atoms with E-state index in [1.54, 1.807) is 24.3 Å². The molecule has 0 radical (unpaired) electrons. The molecule has 0 aliphatic rings. The first-order chi connectivity index (χ1) is 11.6. The maximum Gasteiger partial charge on any atom is 0.361 e. The van der Waals surface area contributed by atoms with E-state index in [0.29, 0.717) is 11.4 Å². The molecule has 122 valence electrons. The van der Waals surface area contributed by atoms with Crippen molar-refractivity contribution in [1.82, 2.24) is 20.6 Å². The molecule has 0 aliphatic heterocycles. The highest BCUT2D eigenvalue weighted by molar-refractivity contribution is 5.92. The lowest BCUT2D eigenvalue weighted by Gasteiger charge is -2.07. The van der Waals surface area contributed by atoms with Gasteiger partial charge in [-0.15, -0.1) is 0 Å². The second kappa shape index (κ2) is 6.82. The third-order valence-corrected chi connectivity index (χ3v) is 3.03. The minimum absolute atomic E-state index is 0.00967. The lowest BCUT2D eigenvalue weighted by atomic mass is 10.1. The van der Waals surface area contributed by atoms with Crippen LogP contribution in [-0.2, 0) is 11.2 Å². The van der Waals surface area contributed by atoms with E-state index >= 15 is 0 Å². The number of carbonyl (C=O) groups is 1. The van der Waals surface area contributed by atoms with Gasteiger partial charge in [0.15, 0.2) is 0 Å². The van der Waals surface area contributed by atoms with Crippen molar-refractivity contribution < 1.29 is 18.3 Å². The average molecular weight is 331 g/mol. The van der Waals surface area contributed by atoms with E-state index in [2.05, 4.69) is 25.9 Å². The number of benzene rings is 2.